The fraction of sp³-hybridized carbons (Fsp3) is 0.310. The number of benzene rings is 3. The first-order valence-corrected chi connectivity index (χ1v) is 15.7. The van der Waals surface area contributed by atoms with Crippen molar-refractivity contribution in [1.82, 2.24) is 10.2 Å². The first-order valence-electron chi connectivity index (χ1n) is 12.7. The Balaban J connectivity index is 1.99. The predicted octanol–water partition coefficient (Wildman–Crippen LogP) is 6.05. The SMILES string of the molecule is CCCCNC(=O)C(C)N(Cc1cccc(Br)c1)C(=O)CN(c1ccc(Br)cc1)S(=O)(=O)c1ccc(C)cc1. The van der Waals surface area contributed by atoms with Gasteiger partial charge in [-0.15, -0.1) is 0 Å². The number of hydrogen-bond acceptors (Lipinski definition) is 4. The highest BCUT2D eigenvalue weighted by Crippen LogP contribution is 2.26. The van der Waals surface area contributed by atoms with Crippen LogP contribution >= 0.6 is 31.9 Å². The van der Waals surface area contributed by atoms with E-state index in [0.717, 1.165) is 37.2 Å². The summed E-state index contributed by atoms with van der Waals surface area (Å²) in [5.74, 6) is -0.782. The van der Waals surface area contributed by atoms with E-state index in [9.17, 15) is 18.0 Å². The van der Waals surface area contributed by atoms with E-state index < -0.39 is 28.5 Å². The van der Waals surface area contributed by atoms with E-state index in [1.807, 2.05) is 38.1 Å². The summed E-state index contributed by atoms with van der Waals surface area (Å²) in [5.41, 5.74) is 2.07. The molecule has 2 amide bonds. The number of anilines is 1. The van der Waals surface area contributed by atoms with E-state index >= 15 is 0 Å². The summed E-state index contributed by atoms with van der Waals surface area (Å²) in [7, 11) is -4.09. The molecule has 0 aliphatic heterocycles. The molecule has 1 unspecified atom stereocenters. The maximum Gasteiger partial charge on any atom is 0.264 e. The van der Waals surface area contributed by atoms with Crippen LogP contribution in [0.4, 0.5) is 5.69 Å². The molecule has 1 atom stereocenters. The van der Waals surface area contributed by atoms with E-state index in [0.29, 0.717) is 12.2 Å². The van der Waals surface area contributed by atoms with Crippen LogP contribution in [0.3, 0.4) is 0 Å². The number of sulfonamides is 1. The molecule has 3 aromatic rings. The second-order valence-electron chi connectivity index (χ2n) is 9.27. The Morgan fingerprint density at radius 2 is 1.62 bits per heavy atom. The molecule has 0 saturated heterocycles. The van der Waals surface area contributed by atoms with Gasteiger partial charge in [-0.3, -0.25) is 13.9 Å². The van der Waals surface area contributed by atoms with Crippen LogP contribution in [-0.2, 0) is 26.2 Å². The topological polar surface area (TPSA) is 86.8 Å². The van der Waals surface area contributed by atoms with Crippen LogP contribution in [0.25, 0.3) is 0 Å². The Morgan fingerprint density at radius 3 is 2.23 bits per heavy atom. The van der Waals surface area contributed by atoms with Crippen LogP contribution in [0, 0.1) is 6.92 Å². The number of halogens is 2. The third-order valence-corrected chi connectivity index (χ3v) is 9.05. The molecule has 0 saturated carbocycles. The zero-order valence-electron chi connectivity index (χ0n) is 22.2. The van der Waals surface area contributed by atoms with Crippen molar-refractivity contribution in [2.75, 3.05) is 17.4 Å². The molecule has 0 fully saturated rings. The number of rotatable bonds is 12. The molecule has 3 aromatic carbocycles. The average Bonchev–Trinajstić information content (AvgIpc) is 2.90. The second-order valence-corrected chi connectivity index (χ2v) is 13.0. The summed E-state index contributed by atoms with van der Waals surface area (Å²) in [4.78, 5) is 28.4. The third-order valence-electron chi connectivity index (χ3n) is 6.24. The van der Waals surface area contributed by atoms with Gasteiger partial charge in [-0.1, -0.05) is 75.0 Å². The van der Waals surface area contributed by atoms with E-state index in [4.69, 9.17) is 0 Å². The third kappa shape index (κ3) is 8.40. The summed E-state index contributed by atoms with van der Waals surface area (Å²) >= 11 is 6.84. The summed E-state index contributed by atoms with van der Waals surface area (Å²) < 4.78 is 30.4. The van der Waals surface area contributed by atoms with Gasteiger partial charge in [0.1, 0.15) is 12.6 Å². The minimum absolute atomic E-state index is 0.0766. The molecule has 0 aliphatic rings. The maximum atomic E-state index is 13.9. The minimum Gasteiger partial charge on any atom is -0.354 e. The van der Waals surface area contributed by atoms with Crippen LogP contribution in [0.15, 0.2) is 86.6 Å². The van der Waals surface area contributed by atoms with Crippen molar-refractivity contribution in [3.63, 3.8) is 0 Å². The van der Waals surface area contributed by atoms with Crippen LogP contribution in [0.5, 0.6) is 0 Å². The van der Waals surface area contributed by atoms with Gasteiger partial charge in [0.15, 0.2) is 0 Å². The molecule has 0 heterocycles. The highest BCUT2D eigenvalue weighted by molar-refractivity contribution is 9.10. The first kappa shape index (κ1) is 30.8. The van der Waals surface area contributed by atoms with Crippen molar-refractivity contribution in [2.45, 2.75) is 51.1 Å². The monoisotopic (exact) mass is 677 g/mol. The highest BCUT2D eigenvalue weighted by Gasteiger charge is 2.32. The molecule has 7 nitrogen and oxygen atoms in total. The highest BCUT2D eigenvalue weighted by atomic mass is 79.9. The molecule has 10 heteroatoms. The van der Waals surface area contributed by atoms with Crippen molar-refractivity contribution in [2.24, 2.45) is 0 Å². The Labute approximate surface area is 247 Å². The van der Waals surface area contributed by atoms with Gasteiger partial charge in [-0.25, -0.2) is 8.42 Å². The lowest BCUT2D eigenvalue weighted by Crippen LogP contribution is -2.51. The maximum absolute atomic E-state index is 13.9. The summed E-state index contributed by atoms with van der Waals surface area (Å²) in [6.45, 7) is 5.74. The zero-order valence-corrected chi connectivity index (χ0v) is 26.2. The van der Waals surface area contributed by atoms with Crippen LogP contribution in [0.2, 0.25) is 0 Å². The Hall–Kier alpha value is -2.69. The first-order chi connectivity index (χ1) is 18.5. The van der Waals surface area contributed by atoms with Gasteiger partial charge in [0.25, 0.3) is 10.0 Å². The van der Waals surface area contributed by atoms with Crippen LogP contribution in [-0.4, -0.2) is 44.3 Å². The molecule has 0 bridgehead atoms. The van der Waals surface area contributed by atoms with Gasteiger partial charge in [0.2, 0.25) is 11.8 Å². The molecular formula is C29H33Br2N3O4S. The molecule has 208 valence electrons. The van der Waals surface area contributed by atoms with Gasteiger partial charge in [0.05, 0.1) is 10.6 Å². The number of aryl methyl sites for hydroxylation is 1. The zero-order chi connectivity index (χ0) is 28.6. The molecular weight excluding hydrogens is 646 g/mol. The standard InChI is InChI=1S/C29H33Br2N3O4S/c1-4-5-17-32-29(36)22(3)33(19-23-7-6-8-25(31)18-23)28(35)20-34(26-13-11-24(30)12-14-26)39(37,38)27-15-9-21(2)10-16-27/h6-16,18,22H,4-5,17,19-20H2,1-3H3,(H,32,36). The number of unbranched alkanes of at least 4 members (excludes halogenated alkanes) is 1. The van der Waals surface area contributed by atoms with E-state index in [-0.39, 0.29) is 17.3 Å². The van der Waals surface area contributed by atoms with Crippen LogP contribution in [0.1, 0.15) is 37.8 Å². The van der Waals surface area contributed by atoms with E-state index in [1.54, 1.807) is 43.3 Å². The smallest absolute Gasteiger partial charge is 0.264 e. The number of hydrogen-bond donors (Lipinski definition) is 1. The predicted molar refractivity (Wildman–Crippen MR) is 162 cm³/mol. The molecule has 0 aromatic heterocycles. The Kier molecular flexibility index (Phi) is 11.1. The van der Waals surface area contributed by atoms with Gasteiger partial charge in [0, 0.05) is 22.0 Å². The summed E-state index contributed by atoms with van der Waals surface area (Å²) in [6.07, 6.45) is 1.75. The molecule has 0 aliphatic carbocycles. The average molecular weight is 679 g/mol. The van der Waals surface area contributed by atoms with Gasteiger partial charge >= 0.3 is 0 Å². The van der Waals surface area contributed by atoms with E-state index in [2.05, 4.69) is 37.2 Å². The fourth-order valence-corrected chi connectivity index (χ4v) is 6.05. The number of carbonyl (C=O) groups excluding carboxylic acids is 2. The van der Waals surface area contributed by atoms with Crippen LogP contribution < -0.4 is 9.62 Å². The number of amides is 2. The minimum atomic E-state index is -4.09. The number of nitrogens with one attached hydrogen (secondary N) is 1. The molecule has 1 N–H and O–H groups in total. The molecule has 39 heavy (non-hydrogen) atoms. The molecule has 0 radical (unpaired) electrons. The summed E-state index contributed by atoms with van der Waals surface area (Å²) in [5, 5.41) is 2.89. The fourth-order valence-electron chi connectivity index (χ4n) is 3.92. The normalized spacial score (nSPS) is 12.0. The second kappa shape index (κ2) is 14.1. The molecule has 0 spiro atoms. The quantitative estimate of drug-likeness (QED) is 0.237. The summed E-state index contributed by atoms with van der Waals surface area (Å²) in [6, 6.07) is 19.9. The lowest BCUT2D eigenvalue weighted by molar-refractivity contribution is -0.139. The lowest BCUT2D eigenvalue weighted by Gasteiger charge is -2.32. The molecule has 3 rings (SSSR count). The van der Waals surface area contributed by atoms with Gasteiger partial charge in [-0.05, 0) is 74.4 Å². The van der Waals surface area contributed by atoms with Crippen molar-refractivity contribution in [3.05, 3.63) is 92.9 Å². The number of carbonyl (C=O) groups is 2. The Morgan fingerprint density at radius 1 is 0.949 bits per heavy atom. The van der Waals surface area contributed by atoms with Gasteiger partial charge < -0.3 is 10.2 Å². The van der Waals surface area contributed by atoms with Crippen molar-refractivity contribution in [1.29, 1.82) is 0 Å². The van der Waals surface area contributed by atoms with Crippen molar-refractivity contribution >= 4 is 59.4 Å². The lowest BCUT2D eigenvalue weighted by atomic mass is 10.1. The number of nitrogens with zero attached hydrogens (tertiary/aromatic N) is 2. The largest absolute Gasteiger partial charge is 0.354 e. The van der Waals surface area contributed by atoms with Gasteiger partial charge in [-0.2, -0.15) is 0 Å². The Bertz CT molecular complexity index is 1380. The van der Waals surface area contributed by atoms with Crippen molar-refractivity contribution in [3.8, 4) is 0 Å². The van der Waals surface area contributed by atoms with E-state index in [1.165, 1.54) is 17.0 Å². The van der Waals surface area contributed by atoms with Crippen molar-refractivity contribution < 1.29 is 18.0 Å².